The highest BCUT2D eigenvalue weighted by molar-refractivity contribution is 8.00. The summed E-state index contributed by atoms with van der Waals surface area (Å²) in [6.07, 6.45) is -0.909. The second kappa shape index (κ2) is 9.34. The SMILES string of the molecule is CCOC(O)C(C)(C)Sc1nc2nc(-c3ccc(N4CCOCC4)cc3)c(Cl)cc2[nH]1. The molecule has 0 aliphatic carbocycles. The van der Waals surface area contributed by atoms with Crippen molar-refractivity contribution in [1.29, 1.82) is 0 Å². The smallest absolute Gasteiger partial charge is 0.179 e. The van der Waals surface area contributed by atoms with Crippen LogP contribution in [0.5, 0.6) is 0 Å². The molecule has 0 bridgehead atoms. The minimum Gasteiger partial charge on any atom is -0.378 e. The number of rotatable bonds is 7. The van der Waals surface area contributed by atoms with Gasteiger partial charge in [0, 0.05) is 30.9 Å². The molecule has 3 aromatic rings. The van der Waals surface area contributed by atoms with Crippen molar-refractivity contribution in [2.24, 2.45) is 0 Å². The maximum Gasteiger partial charge on any atom is 0.179 e. The first-order chi connectivity index (χ1) is 14.9. The van der Waals surface area contributed by atoms with E-state index in [-0.39, 0.29) is 0 Å². The van der Waals surface area contributed by atoms with Crippen LogP contribution in [0.4, 0.5) is 5.69 Å². The van der Waals surface area contributed by atoms with Crippen LogP contribution in [0.15, 0.2) is 35.5 Å². The van der Waals surface area contributed by atoms with E-state index in [1.165, 1.54) is 11.8 Å². The molecule has 0 saturated carbocycles. The van der Waals surface area contributed by atoms with Gasteiger partial charge in [-0.1, -0.05) is 35.5 Å². The van der Waals surface area contributed by atoms with Crippen molar-refractivity contribution in [2.45, 2.75) is 37.0 Å². The molecule has 0 radical (unpaired) electrons. The summed E-state index contributed by atoms with van der Waals surface area (Å²) < 4.78 is 10.2. The van der Waals surface area contributed by atoms with Gasteiger partial charge in [0.25, 0.3) is 0 Å². The van der Waals surface area contributed by atoms with Crippen LogP contribution in [0.2, 0.25) is 5.02 Å². The van der Waals surface area contributed by atoms with E-state index in [9.17, 15) is 5.11 Å². The number of thioether (sulfide) groups is 1. The first kappa shape index (κ1) is 22.4. The third-order valence-electron chi connectivity index (χ3n) is 5.20. The molecule has 9 heteroatoms. The predicted octanol–water partition coefficient (Wildman–Crippen LogP) is 4.34. The van der Waals surface area contributed by atoms with Crippen molar-refractivity contribution in [3.05, 3.63) is 35.4 Å². The summed E-state index contributed by atoms with van der Waals surface area (Å²) in [6.45, 7) is 9.41. The number of ether oxygens (including phenoxy) is 2. The fourth-order valence-corrected chi connectivity index (χ4v) is 4.68. The molecule has 3 heterocycles. The largest absolute Gasteiger partial charge is 0.378 e. The van der Waals surface area contributed by atoms with E-state index < -0.39 is 11.0 Å². The van der Waals surface area contributed by atoms with E-state index in [1.807, 2.05) is 39.0 Å². The highest BCUT2D eigenvalue weighted by Gasteiger charge is 2.31. The lowest BCUT2D eigenvalue weighted by molar-refractivity contribution is -0.111. The van der Waals surface area contributed by atoms with E-state index in [2.05, 4.69) is 27.0 Å². The molecule has 1 aliphatic heterocycles. The molecule has 4 rings (SSSR count). The number of morpholine rings is 1. The molecule has 1 fully saturated rings. The predicted molar refractivity (Wildman–Crippen MR) is 125 cm³/mol. The number of hydrogen-bond acceptors (Lipinski definition) is 7. The number of anilines is 1. The third-order valence-corrected chi connectivity index (χ3v) is 6.60. The number of hydrogen-bond donors (Lipinski definition) is 2. The number of nitrogens with zero attached hydrogens (tertiary/aromatic N) is 3. The van der Waals surface area contributed by atoms with Gasteiger partial charge in [0.05, 0.1) is 34.2 Å². The van der Waals surface area contributed by atoms with Crippen LogP contribution >= 0.6 is 23.4 Å². The van der Waals surface area contributed by atoms with Gasteiger partial charge < -0.3 is 24.5 Å². The molecular weight excluding hydrogens is 436 g/mol. The van der Waals surface area contributed by atoms with Crippen LogP contribution in [0.1, 0.15) is 20.8 Å². The van der Waals surface area contributed by atoms with Gasteiger partial charge in [-0.3, -0.25) is 0 Å². The average molecular weight is 463 g/mol. The second-order valence-corrected chi connectivity index (χ2v) is 9.94. The van der Waals surface area contributed by atoms with Crippen molar-refractivity contribution >= 4 is 40.2 Å². The number of fused-ring (bicyclic) bond motifs is 1. The van der Waals surface area contributed by atoms with E-state index in [4.69, 9.17) is 26.1 Å². The summed E-state index contributed by atoms with van der Waals surface area (Å²) in [5.74, 6) is 0. The fourth-order valence-electron chi connectivity index (χ4n) is 3.46. The van der Waals surface area contributed by atoms with Crippen molar-refractivity contribution < 1.29 is 14.6 Å². The Labute approximate surface area is 191 Å². The first-order valence-electron chi connectivity index (χ1n) is 10.4. The van der Waals surface area contributed by atoms with Crippen LogP contribution in [0.25, 0.3) is 22.4 Å². The molecular formula is C22H27ClN4O3S. The minimum absolute atomic E-state index is 0.441. The number of benzene rings is 1. The Bertz CT molecular complexity index is 1040. The molecule has 31 heavy (non-hydrogen) atoms. The molecule has 0 spiro atoms. The Morgan fingerprint density at radius 3 is 2.65 bits per heavy atom. The number of pyridine rings is 1. The van der Waals surface area contributed by atoms with Crippen LogP contribution < -0.4 is 4.90 Å². The Morgan fingerprint density at radius 2 is 1.97 bits per heavy atom. The molecule has 1 atom stereocenters. The maximum absolute atomic E-state index is 10.2. The summed E-state index contributed by atoms with van der Waals surface area (Å²) in [6, 6.07) is 10.1. The number of aromatic nitrogens is 3. The quantitative estimate of drug-likeness (QED) is 0.399. The number of imidazole rings is 1. The van der Waals surface area contributed by atoms with Gasteiger partial charge in [0.2, 0.25) is 0 Å². The van der Waals surface area contributed by atoms with E-state index >= 15 is 0 Å². The third kappa shape index (κ3) is 4.99. The zero-order chi connectivity index (χ0) is 22.0. The monoisotopic (exact) mass is 462 g/mol. The van der Waals surface area contributed by atoms with Gasteiger partial charge in [-0.25, -0.2) is 9.97 Å². The molecule has 166 valence electrons. The van der Waals surface area contributed by atoms with Gasteiger partial charge in [0.1, 0.15) is 0 Å². The second-order valence-electron chi connectivity index (χ2n) is 7.89. The van der Waals surface area contributed by atoms with Crippen LogP contribution in [0, 0.1) is 0 Å². The van der Waals surface area contributed by atoms with E-state index in [0.717, 1.165) is 43.1 Å². The highest BCUT2D eigenvalue weighted by atomic mass is 35.5. The van der Waals surface area contributed by atoms with E-state index in [1.54, 1.807) is 0 Å². The molecule has 2 N–H and O–H groups in total. The molecule has 7 nitrogen and oxygen atoms in total. The lowest BCUT2D eigenvalue weighted by Crippen LogP contribution is -2.36. The number of aliphatic hydroxyl groups excluding tert-OH is 1. The lowest BCUT2D eigenvalue weighted by Gasteiger charge is -2.28. The Kier molecular flexibility index (Phi) is 6.74. The Hall–Kier alpha value is -1.84. The summed E-state index contributed by atoms with van der Waals surface area (Å²) >= 11 is 7.96. The van der Waals surface area contributed by atoms with Gasteiger partial charge in [0.15, 0.2) is 17.1 Å². The van der Waals surface area contributed by atoms with Crippen LogP contribution in [-0.2, 0) is 9.47 Å². The summed E-state index contributed by atoms with van der Waals surface area (Å²) in [5, 5.41) is 11.4. The van der Waals surface area contributed by atoms with Crippen molar-refractivity contribution in [1.82, 2.24) is 15.0 Å². The number of aliphatic hydroxyl groups is 1. The molecule has 2 aromatic heterocycles. The Morgan fingerprint density at radius 1 is 1.26 bits per heavy atom. The normalized spacial score (nSPS) is 16.1. The highest BCUT2D eigenvalue weighted by Crippen LogP contribution is 2.36. The summed E-state index contributed by atoms with van der Waals surface area (Å²) in [7, 11) is 0. The van der Waals surface area contributed by atoms with Gasteiger partial charge in [-0.2, -0.15) is 0 Å². The summed E-state index contributed by atoms with van der Waals surface area (Å²) in [4.78, 5) is 14.9. The first-order valence-corrected chi connectivity index (χ1v) is 11.5. The number of halogens is 1. The number of aromatic amines is 1. The molecule has 1 aliphatic rings. The van der Waals surface area contributed by atoms with E-state index in [0.29, 0.717) is 28.1 Å². The zero-order valence-corrected chi connectivity index (χ0v) is 19.5. The fraction of sp³-hybridized carbons (Fsp3) is 0.455. The van der Waals surface area contributed by atoms with Crippen molar-refractivity contribution in [3.63, 3.8) is 0 Å². The maximum atomic E-state index is 10.2. The molecule has 0 amide bonds. The van der Waals surface area contributed by atoms with Crippen molar-refractivity contribution in [2.75, 3.05) is 37.8 Å². The average Bonchev–Trinajstić information content (AvgIpc) is 3.14. The number of nitrogens with one attached hydrogen (secondary N) is 1. The standard InChI is InChI=1S/C22H27ClN4O3S/c1-4-30-20(28)22(2,3)31-21-24-17-13-16(23)18(25-19(17)26-21)14-5-7-15(8-6-14)27-9-11-29-12-10-27/h5-8,13,20,28H,4,9-12H2,1-3H3,(H,24,25,26). The number of H-pyrrole nitrogens is 1. The topological polar surface area (TPSA) is 83.5 Å². The minimum atomic E-state index is -0.909. The molecule has 1 aromatic carbocycles. The van der Waals surface area contributed by atoms with Crippen molar-refractivity contribution in [3.8, 4) is 11.3 Å². The molecule has 1 saturated heterocycles. The lowest BCUT2D eigenvalue weighted by atomic mass is 10.1. The van der Waals surface area contributed by atoms with Crippen LogP contribution in [-0.4, -0.2) is 64.0 Å². The van der Waals surface area contributed by atoms with Crippen LogP contribution in [0.3, 0.4) is 0 Å². The summed E-state index contributed by atoms with van der Waals surface area (Å²) in [5.41, 5.74) is 4.13. The molecule has 1 unspecified atom stereocenters. The van der Waals surface area contributed by atoms with Gasteiger partial charge in [-0.15, -0.1) is 0 Å². The Balaban J connectivity index is 1.57. The zero-order valence-electron chi connectivity index (χ0n) is 17.9. The van der Waals surface area contributed by atoms with Gasteiger partial charge >= 0.3 is 0 Å². The van der Waals surface area contributed by atoms with Gasteiger partial charge in [-0.05, 0) is 39.0 Å².